The molecule has 28 heavy (non-hydrogen) atoms. The van der Waals surface area contributed by atoms with Crippen LogP contribution in [-0.4, -0.2) is 45.8 Å². The first-order valence-corrected chi connectivity index (χ1v) is 9.31. The summed E-state index contributed by atoms with van der Waals surface area (Å²) in [5.41, 5.74) is 3.03. The number of aliphatic imine (C=N–C) groups is 1. The number of pyridine rings is 1. The van der Waals surface area contributed by atoms with Crippen molar-refractivity contribution in [1.29, 1.82) is 0 Å². The van der Waals surface area contributed by atoms with Crippen molar-refractivity contribution in [3.05, 3.63) is 54.2 Å². The molecule has 3 heterocycles. The first-order valence-electron chi connectivity index (χ1n) is 9.31. The molecule has 1 N–H and O–H groups in total. The third-order valence-electron chi connectivity index (χ3n) is 5.45. The minimum atomic E-state index is -0.449. The number of rotatable bonds is 5. The molecule has 1 aromatic carbocycles. The van der Waals surface area contributed by atoms with E-state index >= 15 is 0 Å². The van der Waals surface area contributed by atoms with Gasteiger partial charge in [0.15, 0.2) is 0 Å². The van der Waals surface area contributed by atoms with Gasteiger partial charge in [-0.2, -0.15) is 0 Å². The van der Waals surface area contributed by atoms with E-state index in [2.05, 4.69) is 11.6 Å². The first kappa shape index (κ1) is 18.2. The Balaban J connectivity index is 1.60. The number of carbonyl (C=O) groups is 1. The number of benzene rings is 1. The third-order valence-corrected chi connectivity index (χ3v) is 5.45. The number of ether oxygens (including phenoxy) is 1. The van der Waals surface area contributed by atoms with Crippen molar-refractivity contribution in [3.8, 4) is 22.8 Å². The molecule has 2 aromatic rings. The SMILES string of the molecule is C=CC(=O)N1CC(C(C)(C)Oc2cc(-c3ccc(O)cc3)nc3c2C=NC3)C1. The van der Waals surface area contributed by atoms with Crippen LogP contribution in [0.3, 0.4) is 0 Å². The van der Waals surface area contributed by atoms with Gasteiger partial charge in [0.25, 0.3) is 0 Å². The molecule has 2 aliphatic heterocycles. The summed E-state index contributed by atoms with van der Waals surface area (Å²) in [7, 11) is 0. The van der Waals surface area contributed by atoms with Gasteiger partial charge in [0.2, 0.25) is 5.91 Å². The summed E-state index contributed by atoms with van der Waals surface area (Å²) >= 11 is 0. The van der Waals surface area contributed by atoms with Crippen LogP contribution in [0.15, 0.2) is 48.0 Å². The molecule has 0 unspecified atom stereocenters. The molecule has 0 atom stereocenters. The van der Waals surface area contributed by atoms with Gasteiger partial charge in [0.05, 0.1) is 23.5 Å². The second-order valence-corrected chi connectivity index (χ2v) is 7.73. The highest BCUT2D eigenvalue weighted by Crippen LogP contribution is 2.36. The fourth-order valence-corrected chi connectivity index (χ4v) is 3.52. The van der Waals surface area contributed by atoms with Crippen molar-refractivity contribution < 1.29 is 14.6 Å². The van der Waals surface area contributed by atoms with Gasteiger partial charge in [-0.15, -0.1) is 0 Å². The zero-order chi connectivity index (χ0) is 19.9. The van der Waals surface area contributed by atoms with Crippen molar-refractivity contribution in [1.82, 2.24) is 9.88 Å². The van der Waals surface area contributed by atoms with Gasteiger partial charge in [0, 0.05) is 36.9 Å². The fourth-order valence-electron chi connectivity index (χ4n) is 3.52. The maximum absolute atomic E-state index is 11.7. The number of amides is 1. The van der Waals surface area contributed by atoms with Gasteiger partial charge in [-0.1, -0.05) is 6.58 Å². The summed E-state index contributed by atoms with van der Waals surface area (Å²) < 4.78 is 6.45. The number of hydrogen-bond donors (Lipinski definition) is 1. The van der Waals surface area contributed by atoms with E-state index in [1.54, 1.807) is 17.0 Å². The molecule has 144 valence electrons. The van der Waals surface area contributed by atoms with Crippen LogP contribution in [0, 0.1) is 5.92 Å². The standard InChI is InChI=1S/C22H23N3O3/c1-4-21(27)25-12-15(13-25)22(2,3)28-20-9-18(14-5-7-16(26)8-6-14)24-19-11-23-10-17(19)20/h4-10,15,26H,1,11-13H2,2-3H3. The summed E-state index contributed by atoms with van der Waals surface area (Å²) in [5, 5.41) is 9.54. The maximum Gasteiger partial charge on any atom is 0.245 e. The summed E-state index contributed by atoms with van der Waals surface area (Å²) in [6.45, 7) is 9.48. The predicted molar refractivity (Wildman–Crippen MR) is 108 cm³/mol. The summed E-state index contributed by atoms with van der Waals surface area (Å²) in [4.78, 5) is 22.6. The van der Waals surface area contributed by atoms with E-state index in [0.29, 0.717) is 19.6 Å². The van der Waals surface area contributed by atoms with Gasteiger partial charge in [-0.3, -0.25) is 9.79 Å². The molecule has 1 saturated heterocycles. The molecule has 0 saturated carbocycles. The molecule has 0 aliphatic carbocycles. The lowest BCUT2D eigenvalue weighted by atomic mass is 9.84. The molecule has 0 radical (unpaired) electrons. The smallest absolute Gasteiger partial charge is 0.245 e. The molecule has 4 rings (SSSR count). The second-order valence-electron chi connectivity index (χ2n) is 7.73. The second kappa shape index (κ2) is 6.78. The van der Waals surface area contributed by atoms with Crippen molar-refractivity contribution in [2.24, 2.45) is 10.9 Å². The van der Waals surface area contributed by atoms with Crippen molar-refractivity contribution in [2.75, 3.05) is 13.1 Å². The topological polar surface area (TPSA) is 75.0 Å². The van der Waals surface area contributed by atoms with Crippen LogP contribution >= 0.6 is 0 Å². The molecular formula is C22H23N3O3. The molecule has 6 heteroatoms. The van der Waals surface area contributed by atoms with Crippen molar-refractivity contribution in [3.63, 3.8) is 0 Å². The highest BCUT2D eigenvalue weighted by atomic mass is 16.5. The van der Waals surface area contributed by atoms with Crippen LogP contribution in [0.4, 0.5) is 0 Å². The van der Waals surface area contributed by atoms with Gasteiger partial charge in [-0.05, 0) is 44.2 Å². The average molecular weight is 377 g/mol. The molecule has 1 aromatic heterocycles. The molecule has 6 nitrogen and oxygen atoms in total. The fraction of sp³-hybridized carbons (Fsp3) is 0.318. The van der Waals surface area contributed by atoms with E-state index in [9.17, 15) is 9.90 Å². The lowest BCUT2D eigenvalue weighted by Gasteiger charge is -2.47. The Morgan fingerprint density at radius 2 is 2.04 bits per heavy atom. The summed E-state index contributed by atoms with van der Waals surface area (Å²) in [6, 6.07) is 8.88. The minimum absolute atomic E-state index is 0.0430. The van der Waals surface area contributed by atoms with E-state index in [0.717, 1.165) is 28.3 Å². The Morgan fingerprint density at radius 3 is 2.71 bits per heavy atom. The van der Waals surface area contributed by atoms with E-state index in [4.69, 9.17) is 9.72 Å². The number of fused-ring (bicyclic) bond motifs is 1. The van der Waals surface area contributed by atoms with Gasteiger partial charge < -0.3 is 14.7 Å². The zero-order valence-electron chi connectivity index (χ0n) is 16.1. The largest absolute Gasteiger partial charge is 0.508 e. The van der Waals surface area contributed by atoms with Crippen molar-refractivity contribution in [2.45, 2.75) is 26.0 Å². The highest BCUT2D eigenvalue weighted by Gasteiger charge is 2.42. The molecule has 2 aliphatic rings. The number of hydrogen-bond acceptors (Lipinski definition) is 5. The van der Waals surface area contributed by atoms with Crippen LogP contribution in [0.25, 0.3) is 11.3 Å². The number of likely N-dealkylation sites (tertiary alicyclic amines) is 1. The average Bonchev–Trinajstić information content (AvgIpc) is 3.09. The number of nitrogens with zero attached hydrogens (tertiary/aromatic N) is 3. The molecule has 1 amide bonds. The molecular weight excluding hydrogens is 354 g/mol. The van der Waals surface area contributed by atoms with Crippen molar-refractivity contribution >= 4 is 12.1 Å². The van der Waals surface area contributed by atoms with Crippen LogP contribution in [0.5, 0.6) is 11.5 Å². The number of aromatic nitrogens is 1. The monoisotopic (exact) mass is 377 g/mol. The van der Waals surface area contributed by atoms with E-state index in [1.807, 2.05) is 38.3 Å². The van der Waals surface area contributed by atoms with Crippen LogP contribution in [0.1, 0.15) is 25.1 Å². The number of phenolic OH excluding ortho intramolecular Hbond substituents is 1. The Labute approximate surface area is 164 Å². The maximum atomic E-state index is 11.7. The van der Waals surface area contributed by atoms with E-state index < -0.39 is 5.60 Å². The lowest BCUT2D eigenvalue weighted by molar-refractivity contribution is -0.137. The summed E-state index contributed by atoms with van der Waals surface area (Å²) in [6.07, 6.45) is 3.16. The Kier molecular flexibility index (Phi) is 4.41. The number of aromatic hydroxyl groups is 1. The Morgan fingerprint density at radius 1 is 1.32 bits per heavy atom. The predicted octanol–water partition coefficient (Wildman–Crippen LogP) is 3.19. The number of carbonyl (C=O) groups excluding carboxylic acids is 1. The summed E-state index contributed by atoms with van der Waals surface area (Å²) in [5.74, 6) is 1.15. The highest BCUT2D eigenvalue weighted by molar-refractivity contribution is 5.89. The first-order chi connectivity index (χ1) is 13.4. The Hall–Kier alpha value is -3.15. The lowest BCUT2D eigenvalue weighted by Crippen LogP contribution is -2.59. The van der Waals surface area contributed by atoms with Gasteiger partial charge in [0.1, 0.15) is 17.1 Å². The van der Waals surface area contributed by atoms with E-state index in [-0.39, 0.29) is 17.6 Å². The molecule has 1 fully saturated rings. The zero-order valence-corrected chi connectivity index (χ0v) is 16.1. The normalized spacial score (nSPS) is 15.9. The number of phenols is 1. The van der Waals surface area contributed by atoms with Crippen LogP contribution in [-0.2, 0) is 11.3 Å². The van der Waals surface area contributed by atoms with Gasteiger partial charge >= 0.3 is 0 Å². The third kappa shape index (κ3) is 3.26. The molecule has 0 bridgehead atoms. The van der Waals surface area contributed by atoms with E-state index in [1.165, 1.54) is 6.08 Å². The Bertz CT molecular complexity index is 958. The van der Waals surface area contributed by atoms with Gasteiger partial charge in [-0.25, -0.2) is 4.98 Å². The quantitative estimate of drug-likeness (QED) is 0.812. The molecule has 0 spiro atoms. The van der Waals surface area contributed by atoms with Crippen LogP contribution in [0.2, 0.25) is 0 Å². The minimum Gasteiger partial charge on any atom is -0.508 e. The van der Waals surface area contributed by atoms with Crippen LogP contribution < -0.4 is 4.74 Å².